The van der Waals surface area contributed by atoms with Crippen molar-refractivity contribution in [1.82, 2.24) is 26.6 Å². The number of aliphatic hydroxyl groups is 22. The largest absolute Gasteiger partial charge is 0.477 e. The minimum Gasteiger partial charge on any atom is -0.477 e. The molecule has 106 heavy (non-hydrogen) atoms. The van der Waals surface area contributed by atoms with Gasteiger partial charge in [-0.05, 0) is 0 Å². The molecule has 0 bridgehead atoms. The van der Waals surface area contributed by atoms with Crippen LogP contribution in [0.25, 0.3) is 0 Å². The van der Waals surface area contributed by atoms with E-state index in [9.17, 15) is 156 Å². The third kappa shape index (κ3) is 20.7. The summed E-state index contributed by atoms with van der Waals surface area (Å²) in [6.45, 7) is -7.68. The molecule has 29 N–H and O–H groups in total. The second kappa shape index (κ2) is 39.2. The van der Waals surface area contributed by atoms with Gasteiger partial charge in [0.15, 0.2) is 25.2 Å². The van der Waals surface area contributed by atoms with Gasteiger partial charge in [-0.15, -0.1) is 0 Å². The van der Waals surface area contributed by atoms with E-state index in [2.05, 4.69) is 26.6 Å². The molecule has 0 saturated carbocycles. The predicted octanol–water partition coefficient (Wildman–Crippen LogP) is -18.5. The summed E-state index contributed by atoms with van der Waals surface area (Å²) < 4.78 is 70.4. The summed E-state index contributed by atoms with van der Waals surface area (Å²) in [4.78, 5) is 89.8. The molecule has 48 heteroatoms. The quantitative estimate of drug-likeness (QED) is 0.0280. The number of nitrogens with one attached hydrogen (secondary N) is 5. The first-order valence-corrected chi connectivity index (χ1v) is 32.9. The molecule has 48 nitrogen and oxygen atoms in total. The van der Waals surface area contributed by atoms with Crippen LogP contribution in [0.1, 0.15) is 40.5 Å². The van der Waals surface area contributed by atoms with Crippen LogP contribution in [-0.2, 0) is 90.4 Å². The molecule has 0 aromatic rings. The molecule has 6 saturated heterocycles. The van der Waals surface area contributed by atoms with E-state index >= 15 is 0 Å². The fraction of sp³-hybridized carbons (Fsp3) is 0.879. The van der Waals surface area contributed by atoms with E-state index < -0.39 is 333 Å². The molecular formula is C58H97N5O43. The van der Waals surface area contributed by atoms with E-state index in [0.717, 1.165) is 27.7 Å². The Hall–Kier alpha value is -5.07. The Morgan fingerprint density at radius 3 is 1.39 bits per heavy atom. The van der Waals surface area contributed by atoms with Crippen LogP contribution in [0, 0.1) is 0 Å². The smallest absolute Gasteiger partial charge is 0.364 e. The van der Waals surface area contributed by atoms with Crippen LogP contribution < -0.4 is 26.6 Å². The van der Waals surface area contributed by atoms with Crippen molar-refractivity contribution in [2.24, 2.45) is 0 Å². The van der Waals surface area contributed by atoms with Crippen LogP contribution >= 0.6 is 0 Å². The van der Waals surface area contributed by atoms with Crippen LogP contribution in [0.5, 0.6) is 0 Å². The molecule has 6 aliphatic rings. The number of carboxylic acids is 2. The van der Waals surface area contributed by atoms with Crippen LogP contribution in [0.3, 0.4) is 0 Å². The van der Waals surface area contributed by atoms with Gasteiger partial charge >= 0.3 is 11.9 Å². The molecule has 0 aromatic heterocycles. The van der Waals surface area contributed by atoms with Gasteiger partial charge in [-0.2, -0.15) is 0 Å². The van der Waals surface area contributed by atoms with Gasteiger partial charge in [0.1, 0.15) is 159 Å². The van der Waals surface area contributed by atoms with E-state index in [4.69, 9.17) is 56.8 Å². The van der Waals surface area contributed by atoms with Crippen molar-refractivity contribution in [2.75, 3.05) is 59.5 Å². The fourth-order valence-corrected chi connectivity index (χ4v) is 12.9. The Morgan fingerprint density at radius 1 is 0.443 bits per heavy atom. The number of ether oxygens (including phenoxy) is 12. The minimum absolute atomic E-state index is 0.830. The lowest BCUT2D eigenvalue weighted by Gasteiger charge is -2.53. The Labute approximate surface area is 599 Å². The van der Waals surface area contributed by atoms with Crippen LogP contribution in [-0.4, -0.2) is 443 Å². The molecule has 0 aromatic carbocycles. The van der Waals surface area contributed by atoms with Gasteiger partial charge in [0, 0.05) is 40.5 Å². The fourth-order valence-electron chi connectivity index (χ4n) is 12.9. The lowest BCUT2D eigenvalue weighted by Crippen LogP contribution is -2.73. The maximum absolute atomic E-state index is 13.8. The first-order valence-electron chi connectivity index (χ1n) is 32.9. The van der Waals surface area contributed by atoms with Crippen molar-refractivity contribution in [3.8, 4) is 0 Å². The number of rotatable bonds is 35. The Balaban J connectivity index is 1.34. The molecule has 6 heterocycles. The summed E-state index contributed by atoms with van der Waals surface area (Å²) in [5, 5.41) is 273. The molecule has 6 rings (SSSR count). The lowest BCUT2D eigenvalue weighted by atomic mass is 9.87. The van der Waals surface area contributed by atoms with Gasteiger partial charge < -0.3 is 206 Å². The molecule has 36 atom stereocenters. The lowest BCUT2D eigenvalue weighted by molar-refractivity contribution is -0.394. The molecule has 0 spiro atoms. The van der Waals surface area contributed by atoms with E-state index in [-0.39, 0.29) is 0 Å². The number of amides is 5. The van der Waals surface area contributed by atoms with E-state index in [1.165, 1.54) is 0 Å². The van der Waals surface area contributed by atoms with Gasteiger partial charge in [-0.1, -0.05) is 0 Å². The van der Waals surface area contributed by atoms with Gasteiger partial charge in [-0.3, -0.25) is 24.0 Å². The average molecular weight is 1550 g/mol. The summed E-state index contributed by atoms with van der Waals surface area (Å²) in [6.07, 6.45) is -68.3. The highest BCUT2D eigenvalue weighted by Crippen LogP contribution is 2.42. The van der Waals surface area contributed by atoms with Crippen LogP contribution in [0.15, 0.2) is 0 Å². The highest BCUT2D eigenvalue weighted by Gasteiger charge is 2.64. The summed E-state index contributed by atoms with van der Waals surface area (Å²) in [5.41, 5.74) is 0. The van der Waals surface area contributed by atoms with Gasteiger partial charge in [0.25, 0.3) is 11.6 Å². The molecule has 0 aliphatic carbocycles. The van der Waals surface area contributed by atoms with Crippen molar-refractivity contribution in [3.63, 3.8) is 0 Å². The van der Waals surface area contributed by atoms with Gasteiger partial charge in [0.05, 0.1) is 83.2 Å². The molecule has 0 unspecified atom stereocenters. The molecule has 5 amide bonds. The summed E-state index contributed by atoms with van der Waals surface area (Å²) in [5.74, 6) is -16.1. The highest BCUT2D eigenvalue weighted by molar-refractivity contribution is 5.79. The third-order valence-corrected chi connectivity index (χ3v) is 18.3. The number of carbonyl (C=O) groups is 7. The van der Waals surface area contributed by atoms with Crippen molar-refractivity contribution in [3.05, 3.63) is 0 Å². The molecule has 6 aliphatic heterocycles. The Kier molecular flexibility index (Phi) is 33.2. The Morgan fingerprint density at radius 2 is 0.887 bits per heavy atom. The molecule has 612 valence electrons. The normalized spacial score (nSPS) is 40.2. The topological polar surface area (TPSA) is 776 Å². The molecule has 6 fully saturated rings. The summed E-state index contributed by atoms with van der Waals surface area (Å²) in [7, 11) is 0. The van der Waals surface area contributed by atoms with Crippen LogP contribution in [0.4, 0.5) is 0 Å². The monoisotopic (exact) mass is 1550 g/mol. The van der Waals surface area contributed by atoms with E-state index in [1.807, 2.05) is 0 Å². The zero-order valence-electron chi connectivity index (χ0n) is 56.9. The van der Waals surface area contributed by atoms with Crippen LogP contribution in [0.2, 0.25) is 0 Å². The van der Waals surface area contributed by atoms with Crippen molar-refractivity contribution >= 4 is 41.5 Å². The maximum Gasteiger partial charge on any atom is 0.364 e. The standard InChI is InChI=1S/C58H97N5O43/c1-16(72)59-20(7-64)44(37(84)25(80)15-95-57(55(91)92)5-21(76)32(63-30(81)14-71)48(104-57)36(83)24(79)9-66)100-53-42(89)41(88)45(28(12-69)99-53)101-54-43(90)50(39(86)27(11-68)97-54)103-52-34(62-19(4)75)49(46(29(13-70)98-52)102-51-33(61-18(3)74)40(87)38(85)26(10-67)96-51)106-58(56(93)94)6-22(77)31(60-17(2)73)47(105-58)35(82)23(78)8-65/h20-29,31-54,64-71,76-80,82-90H,5-15H2,1-4H3,(H,59,72)(H,60,73)(H,61,74)(H,62,75)(H,63,81)(H,91,92)(H,93,94)/t20-,21-,22-,23+,24+,25+,26+,27+,28+,29+,31+,32+,33+,34+,35+,36+,37-,38-,39-,40+,41+,42+,43+,44+,45-,46-,47+,48+,49+,50-,51-,52-,53-,54-,57+,58-/m0/s1. The minimum atomic E-state index is -3.46. The van der Waals surface area contributed by atoms with E-state index in [1.54, 1.807) is 0 Å². The second-order valence-electron chi connectivity index (χ2n) is 25.9. The summed E-state index contributed by atoms with van der Waals surface area (Å²) >= 11 is 0. The third-order valence-electron chi connectivity index (χ3n) is 18.3. The van der Waals surface area contributed by atoms with Crippen molar-refractivity contribution < 1.29 is 213 Å². The van der Waals surface area contributed by atoms with Crippen molar-refractivity contribution in [2.45, 2.75) is 260 Å². The first kappa shape index (κ1) is 89.8. The number of hydrogen-bond acceptors (Lipinski definition) is 41. The Bertz CT molecular complexity index is 2870. The molecular weight excluding hydrogens is 1450 g/mol. The zero-order chi connectivity index (χ0) is 79.5. The summed E-state index contributed by atoms with van der Waals surface area (Å²) in [6, 6.07) is -9.69. The average Bonchev–Trinajstić information content (AvgIpc) is 0.756. The number of hydrogen-bond donors (Lipinski definition) is 29. The highest BCUT2D eigenvalue weighted by atomic mass is 16.8. The van der Waals surface area contributed by atoms with Crippen molar-refractivity contribution in [1.29, 1.82) is 0 Å². The maximum atomic E-state index is 13.8. The van der Waals surface area contributed by atoms with Gasteiger partial charge in [-0.25, -0.2) is 9.59 Å². The predicted molar refractivity (Wildman–Crippen MR) is 328 cm³/mol. The SMILES string of the molecule is CC(=O)N[C@H]1[C@H](O[C@@H]2[C@H](O[C@]3(C(=O)O)C[C@H](O)[C@@H](NC(C)=O)[C@H]([C@H](O)[C@H](O)CO)O3)[C@@H](NC(C)=O)[C@H](O[C@H]3[C@@H](O)[C@@H](CO)O[C@@H](O[C@@H]4[C@H](O)[C@@H](O)[C@H](O[C@@H]([C@@H](O)[C@H](O)CO[C@]5(C(=O)O)C[C@H](O)[C@@H](NC(=O)CO)[C@H]([C@H](O)[C@H](O)CO)O5)[C@H](CO)NC(C)=O)O[C@@H]4CO)[C@@H]3O)O[C@@H]2CO)O[C@H](CO)[C@H](O)[C@@H]1O. The molecule has 0 radical (unpaired) electrons. The second-order valence-corrected chi connectivity index (χ2v) is 25.9. The van der Waals surface area contributed by atoms with Gasteiger partial charge in [0.2, 0.25) is 29.5 Å². The van der Waals surface area contributed by atoms with E-state index in [0.29, 0.717) is 0 Å². The zero-order valence-corrected chi connectivity index (χ0v) is 56.9. The first-order chi connectivity index (χ1) is 49.8. The number of carboxylic acid groups (broad SMARTS) is 2. The number of carbonyl (C=O) groups excluding carboxylic acids is 5. The number of aliphatic hydroxyl groups excluding tert-OH is 22. The number of aliphatic carboxylic acids is 2.